The van der Waals surface area contributed by atoms with Crippen molar-refractivity contribution in [3.8, 4) is 0 Å². The summed E-state index contributed by atoms with van der Waals surface area (Å²) in [5.74, 6) is -0.144. The minimum Gasteiger partial charge on any atom is -0.387 e. The van der Waals surface area contributed by atoms with Crippen LogP contribution in [0.5, 0.6) is 0 Å². The van der Waals surface area contributed by atoms with Crippen molar-refractivity contribution in [2.45, 2.75) is 6.10 Å². The molecule has 1 aromatic heterocycles. The van der Waals surface area contributed by atoms with Crippen LogP contribution >= 0.6 is 11.3 Å². The van der Waals surface area contributed by atoms with Gasteiger partial charge in [-0.05, 0) is 17.0 Å². The monoisotopic (exact) mass is 247 g/mol. The van der Waals surface area contributed by atoms with Crippen molar-refractivity contribution in [3.05, 3.63) is 58.3 Å². The number of nitrogens with one attached hydrogen (secondary N) is 1. The standard InChI is InChI=1S/C13H13NO2S/c15-11(10-5-2-1-3-6-10)9-14-13(16)12-7-4-8-17-12/h1-8,11,15H,9H2,(H,14,16)/t11-/m1/s1. The summed E-state index contributed by atoms with van der Waals surface area (Å²) < 4.78 is 0. The molecule has 1 amide bonds. The average molecular weight is 247 g/mol. The van der Waals surface area contributed by atoms with E-state index >= 15 is 0 Å². The van der Waals surface area contributed by atoms with Gasteiger partial charge in [-0.25, -0.2) is 0 Å². The second kappa shape index (κ2) is 5.61. The highest BCUT2D eigenvalue weighted by Gasteiger charge is 2.10. The molecular formula is C13H13NO2S. The first kappa shape index (κ1) is 11.8. The number of benzene rings is 1. The van der Waals surface area contributed by atoms with Crippen molar-refractivity contribution < 1.29 is 9.90 Å². The fraction of sp³-hybridized carbons (Fsp3) is 0.154. The maximum atomic E-state index is 11.6. The minimum atomic E-state index is -0.667. The van der Waals surface area contributed by atoms with Crippen molar-refractivity contribution in [2.75, 3.05) is 6.54 Å². The SMILES string of the molecule is O=C(NC[C@@H](O)c1ccccc1)c1cccs1. The van der Waals surface area contributed by atoms with Crippen molar-refractivity contribution in [1.82, 2.24) is 5.32 Å². The third kappa shape index (κ3) is 3.15. The summed E-state index contributed by atoms with van der Waals surface area (Å²) in [6, 6.07) is 12.9. The van der Waals surface area contributed by atoms with Gasteiger partial charge in [0.2, 0.25) is 0 Å². The maximum Gasteiger partial charge on any atom is 0.261 e. The summed E-state index contributed by atoms with van der Waals surface area (Å²) in [5, 5.41) is 14.4. The topological polar surface area (TPSA) is 49.3 Å². The number of thiophene rings is 1. The summed E-state index contributed by atoms with van der Waals surface area (Å²) in [4.78, 5) is 12.3. The lowest BCUT2D eigenvalue weighted by atomic mass is 10.1. The van der Waals surface area contributed by atoms with E-state index in [1.165, 1.54) is 11.3 Å². The number of aliphatic hydroxyl groups excluding tert-OH is 1. The number of hydrogen-bond acceptors (Lipinski definition) is 3. The molecule has 0 unspecified atom stereocenters. The number of rotatable bonds is 4. The number of carbonyl (C=O) groups excluding carboxylic acids is 1. The van der Waals surface area contributed by atoms with Crippen LogP contribution in [-0.2, 0) is 0 Å². The van der Waals surface area contributed by atoms with Gasteiger partial charge in [-0.1, -0.05) is 36.4 Å². The Kier molecular flexibility index (Phi) is 3.90. The van der Waals surface area contributed by atoms with Gasteiger partial charge in [0.15, 0.2) is 0 Å². The first-order chi connectivity index (χ1) is 8.27. The Morgan fingerprint density at radius 1 is 1.24 bits per heavy atom. The van der Waals surface area contributed by atoms with Crippen molar-refractivity contribution in [3.63, 3.8) is 0 Å². The van der Waals surface area contributed by atoms with E-state index in [0.29, 0.717) is 4.88 Å². The third-order valence-corrected chi connectivity index (χ3v) is 3.25. The quantitative estimate of drug-likeness (QED) is 0.870. The molecule has 1 atom stereocenters. The molecule has 0 radical (unpaired) electrons. The number of hydrogen-bond donors (Lipinski definition) is 2. The minimum absolute atomic E-state index is 0.144. The lowest BCUT2D eigenvalue weighted by molar-refractivity contribution is 0.0920. The van der Waals surface area contributed by atoms with Crippen molar-refractivity contribution in [1.29, 1.82) is 0 Å². The molecule has 1 heterocycles. The summed E-state index contributed by atoms with van der Waals surface area (Å²) in [5.41, 5.74) is 0.805. The second-order valence-corrected chi connectivity index (χ2v) is 4.56. The van der Waals surface area contributed by atoms with E-state index in [1.54, 1.807) is 6.07 Å². The van der Waals surface area contributed by atoms with Crippen LogP contribution in [0.4, 0.5) is 0 Å². The van der Waals surface area contributed by atoms with Crippen LogP contribution in [0.15, 0.2) is 47.8 Å². The zero-order valence-electron chi connectivity index (χ0n) is 9.17. The second-order valence-electron chi connectivity index (χ2n) is 3.61. The van der Waals surface area contributed by atoms with Crippen LogP contribution in [0.25, 0.3) is 0 Å². The molecule has 88 valence electrons. The summed E-state index contributed by atoms with van der Waals surface area (Å²) in [7, 11) is 0. The molecule has 0 aliphatic rings. The Bertz CT molecular complexity index is 467. The third-order valence-electron chi connectivity index (χ3n) is 2.39. The Labute approximate surface area is 104 Å². The van der Waals surface area contributed by atoms with Crippen LogP contribution in [0.1, 0.15) is 21.3 Å². The van der Waals surface area contributed by atoms with Gasteiger partial charge in [0.1, 0.15) is 0 Å². The zero-order chi connectivity index (χ0) is 12.1. The highest BCUT2D eigenvalue weighted by Crippen LogP contribution is 2.12. The van der Waals surface area contributed by atoms with E-state index < -0.39 is 6.10 Å². The zero-order valence-corrected chi connectivity index (χ0v) is 9.98. The molecule has 4 heteroatoms. The van der Waals surface area contributed by atoms with Gasteiger partial charge in [-0.15, -0.1) is 11.3 Å². The molecule has 2 N–H and O–H groups in total. The maximum absolute atomic E-state index is 11.6. The Balaban J connectivity index is 1.89. The fourth-order valence-corrected chi connectivity index (χ4v) is 2.12. The molecule has 3 nitrogen and oxygen atoms in total. The van der Waals surface area contributed by atoms with Gasteiger partial charge in [0.05, 0.1) is 11.0 Å². The Morgan fingerprint density at radius 2 is 2.00 bits per heavy atom. The van der Waals surface area contributed by atoms with Gasteiger partial charge >= 0.3 is 0 Å². The number of aliphatic hydroxyl groups is 1. The van der Waals surface area contributed by atoms with E-state index in [2.05, 4.69) is 5.32 Å². The van der Waals surface area contributed by atoms with Crippen molar-refractivity contribution in [2.24, 2.45) is 0 Å². The van der Waals surface area contributed by atoms with Gasteiger partial charge in [-0.3, -0.25) is 4.79 Å². The molecule has 0 spiro atoms. The van der Waals surface area contributed by atoms with Crippen LogP contribution in [0.3, 0.4) is 0 Å². The lowest BCUT2D eigenvalue weighted by Crippen LogP contribution is -2.27. The molecule has 0 saturated heterocycles. The first-order valence-corrected chi connectivity index (χ1v) is 6.20. The van der Waals surface area contributed by atoms with E-state index in [0.717, 1.165) is 5.56 Å². The van der Waals surface area contributed by atoms with Gasteiger partial charge in [0.25, 0.3) is 5.91 Å². The average Bonchev–Trinajstić information content (AvgIpc) is 2.90. The molecule has 2 rings (SSSR count). The highest BCUT2D eigenvalue weighted by atomic mass is 32.1. The molecule has 2 aromatic rings. The molecule has 0 saturated carbocycles. The summed E-state index contributed by atoms with van der Waals surface area (Å²) in [6.07, 6.45) is -0.667. The van der Waals surface area contributed by atoms with Crippen LogP contribution in [0, 0.1) is 0 Å². The fourth-order valence-electron chi connectivity index (χ4n) is 1.48. The predicted molar refractivity (Wildman–Crippen MR) is 68.1 cm³/mol. The molecular weight excluding hydrogens is 234 g/mol. The molecule has 0 fully saturated rings. The number of carbonyl (C=O) groups is 1. The Hall–Kier alpha value is -1.65. The Morgan fingerprint density at radius 3 is 2.65 bits per heavy atom. The molecule has 1 aromatic carbocycles. The predicted octanol–water partition coefficient (Wildman–Crippen LogP) is 2.21. The smallest absolute Gasteiger partial charge is 0.261 e. The number of amides is 1. The van der Waals surface area contributed by atoms with E-state index in [-0.39, 0.29) is 12.5 Å². The summed E-state index contributed by atoms with van der Waals surface area (Å²) >= 11 is 1.38. The molecule has 0 aliphatic heterocycles. The summed E-state index contributed by atoms with van der Waals surface area (Å²) in [6.45, 7) is 0.223. The first-order valence-electron chi connectivity index (χ1n) is 5.32. The van der Waals surface area contributed by atoms with Gasteiger partial charge in [-0.2, -0.15) is 0 Å². The molecule has 0 aliphatic carbocycles. The molecule has 0 bridgehead atoms. The largest absolute Gasteiger partial charge is 0.387 e. The van der Waals surface area contributed by atoms with Gasteiger partial charge in [0, 0.05) is 6.54 Å². The normalized spacial score (nSPS) is 12.1. The highest BCUT2D eigenvalue weighted by molar-refractivity contribution is 7.12. The van der Waals surface area contributed by atoms with Gasteiger partial charge < -0.3 is 10.4 Å². The van der Waals surface area contributed by atoms with Crippen molar-refractivity contribution >= 4 is 17.2 Å². The van der Waals surface area contributed by atoms with E-state index in [1.807, 2.05) is 41.8 Å². The lowest BCUT2D eigenvalue weighted by Gasteiger charge is -2.11. The van der Waals surface area contributed by atoms with Crippen LogP contribution in [-0.4, -0.2) is 17.6 Å². The van der Waals surface area contributed by atoms with E-state index in [4.69, 9.17) is 0 Å². The van der Waals surface area contributed by atoms with E-state index in [9.17, 15) is 9.90 Å². The van der Waals surface area contributed by atoms with Crippen LogP contribution < -0.4 is 5.32 Å². The van der Waals surface area contributed by atoms with Crippen LogP contribution in [0.2, 0.25) is 0 Å². The molecule has 17 heavy (non-hydrogen) atoms.